The zero-order valence-corrected chi connectivity index (χ0v) is 14.0. The Hall–Kier alpha value is -2.75. The summed E-state index contributed by atoms with van der Waals surface area (Å²) < 4.78 is 0. The maximum absolute atomic E-state index is 5.95. The monoisotopic (exact) mass is 320 g/mol. The molecule has 0 saturated carbocycles. The van der Waals surface area contributed by atoms with E-state index in [4.69, 9.17) is 5.73 Å². The zero-order valence-electron chi connectivity index (χ0n) is 14.0. The highest BCUT2D eigenvalue weighted by molar-refractivity contribution is 5.86. The number of fused-ring (bicyclic) bond motifs is 1. The van der Waals surface area contributed by atoms with Gasteiger partial charge in [-0.25, -0.2) is 0 Å². The lowest BCUT2D eigenvalue weighted by Crippen LogP contribution is -2.33. The van der Waals surface area contributed by atoms with E-state index in [1.165, 1.54) is 27.6 Å². The number of aryl methyl sites for hydroxylation is 1. The smallest absolute Gasteiger partial charge is 0.188 e. The first-order valence-corrected chi connectivity index (χ1v) is 8.37. The first-order valence-electron chi connectivity index (χ1n) is 8.37. The average Bonchev–Trinajstić information content (AvgIpc) is 3.01. The van der Waals surface area contributed by atoms with Gasteiger partial charge in [-0.2, -0.15) is 0 Å². The maximum atomic E-state index is 5.95. The minimum Gasteiger partial charge on any atom is -0.370 e. The molecule has 0 amide bonds. The van der Waals surface area contributed by atoms with Gasteiger partial charge < -0.3 is 16.0 Å². The van der Waals surface area contributed by atoms with Gasteiger partial charge >= 0.3 is 0 Å². The summed E-state index contributed by atoms with van der Waals surface area (Å²) in [4.78, 5) is 7.78. The fourth-order valence-electron chi connectivity index (χ4n) is 2.90. The number of hydrogen-bond donors (Lipinski definition) is 3. The number of rotatable bonds is 6. The molecule has 3 rings (SSSR count). The van der Waals surface area contributed by atoms with E-state index in [9.17, 15) is 0 Å². The molecule has 0 aliphatic heterocycles. The lowest BCUT2D eigenvalue weighted by molar-refractivity contribution is 0.844. The van der Waals surface area contributed by atoms with Gasteiger partial charge in [0.2, 0.25) is 0 Å². The molecular weight excluding hydrogens is 296 g/mol. The second-order valence-corrected chi connectivity index (χ2v) is 5.99. The number of nitrogens with zero attached hydrogens (tertiary/aromatic N) is 1. The molecule has 1 heterocycles. The first-order chi connectivity index (χ1) is 11.7. The number of para-hydroxylation sites is 1. The van der Waals surface area contributed by atoms with Crippen LogP contribution in [-0.4, -0.2) is 24.0 Å². The molecule has 4 nitrogen and oxygen atoms in total. The molecule has 0 radical (unpaired) electrons. The van der Waals surface area contributed by atoms with E-state index in [-0.39, 0.29) is 0 Å². The second-order valence-electron chi connectivity index (χ2n) is 5.99. The number of nitrogens with two attached hydrogens (primary N) is 1. The van der Waals surface area contributed by atoms with Crippen molar-refractivity contribution in [3.05, 3.63) is 71.4 Å². The summed E-state index contributed by atoms with van der Waals surface area (Å²) in [6.45, 7) is 3.60. The molecule has 0 saturated heterocycles. The van der Waals surface area contributed by atoms with E-state index in [2.05, 4.69) is 70.9 Å². The van der Waals surface area contributed by atoms with Gasteiger partial charge in [0.1, 0.15) is 0 Å². The Bertz CT molecular complexity index is 818. The summed E-state index contributed by atoms with van der Waals surface area (Å²) in [5, 5.41) is 4.46. The summed E-state index contributed by atoms with van der Waals surface area (Å²) in [6.07, 6.45) is 3.90. The van der Waals surface area contributed by atoms with Crippen LogP contribution in [0, 0.1) is 6.92 Å². The Labute approximate surface area is 142 Å². The third kappa shape index (κ3) is 3.96. The van der Waals surface area contributed by atoms with Crippen LogP contribution >= 0.6 is 0 Å². The molecule has 3 aromatic rings. The Kier molecular flexibility index (Phi) is 5.16. The number of benzene rings is 2. The van der Waals surface area contributed by atoms with Crippen molar-refractivity contribution in [1.82, 2.24) is 10.3 Å². The van der Waals surface area contributed by atoms with Gasteiger partial charge in [0.25, 0.3) is 0 Å². The highest BCUT2D eigenvalue weighted by atomic mass is 15.1. The topological polar surface area (TPSA) is 66.2 Å². The van der Waals surface area contributed by atoms with Crippen LogP contribution in [0.25, 0.3) is 10.9 Å². The van der Waals surface area contributed by atoms with Crippen LogP contribution in [0.15, 0.2) is 59.7 Å². The van der Waals surface area contributed by atoms with Crippen LogP contribution in [0.4, 0.5) is 0 Å². The van der Waals surface area contributed by atoms with Crippen LogP contribution in [0.1, 0.15) is 16.7 Å². The molecule has 124 valence electrons. The minimum atomic E-state index is 0.516. The Balaban J connectivity index is 1.49. The predicted octanol–water partition coefficient (Wildman–Crippen LogP) is 3.17. The molecule has 4 heteroatoms. The van der Waals surface area contributed by atoms with Crippen LogP contribution in [-0.2, 0) is 12.8 Å². The number of aromatic nitrogens is 1. The van der Waals surface area contributed by atoms with Crippen LogP contribution < -0.4 is 11.1 Å². The summed E-state index contributed by atoms with van der Waals surface area (Å²) in [5.41, 5.74) is 11.0. The number of guanidine groups is 1. The minimum absolute atomic E-state index is 0.516. The molecule has 0 unspecified atom stereocenters. The van der Waals surface area contributed by atoms with Crippen molar-refractivity contribution in [2.75, 3.05) is 13.1 Å². The van der Waals surface area contributed by atoms with Crippen LogP contribution in [0.3, 0.4) is 0 Å². The average molecular weight is 320 g/mol. The van der Waals surface area contributed by atoms with Gasteiger partial charge in [0.05, 0.1) is 0 Å². The van der Waals surface area contributed by atoms with Crippen molar-refractivity contribution >= 4 is 16.9 Å². The van der Waals surface area contributed by atoms with Gasteiger partial charge in [0.15, 0.2) is 5.96 Å². The third-order valence-electron chi connectivity index (χ3n) is 4.24. The molecule has 0 aliphatic rings. The molecule has 0 aliphatic carbocycles. The molecule has 1 aromatic heterocycles. The molecule has 0 fully saturated rings. The fraction of sp³-hybridized carbons (Fsp3) is 0.250. The largest absolute Gasteiger partial charge is 0.370 e. The number of hydrogen-bond acceptors (Lipinski definition) is 1. The Morgan fingerprint density at radius 3 is 2.75 bits per heavy atom. The molecule has 4 N–H and O–H groups in total. The van der Waals surface area contributed by atoms with E-state index in [1.54, 1.807) is 0 Å². The lowest BCUT2D eigenvalue weighted by atomic mass is 10.1. The summed E-state index contributed by atoms with van der Waals surface area (Å²) in [6, 6.07) is 16.7. The van der Waals surface area contributed by atoms with Crippen molar-refractivity contribution in [1.29, 1.82) is 0 Å². The number of aliphatic imine (C=N–C) groups is 1. The van der Waals surface area contributed by atoms with E-state index in [0.29, 0.717) is 12.5 Å². The Morgan fingerprint density at radius 2 is 1.92 bits per heavy atom. The first kappa shape index (κ1) is 16.1. The molecular formula is C20H24N4. The summed E-state index contributed by atoms with van der Waals surface area (Å²) in [5.74, 6) is 0.516. The molecule has 24 heavy (non-hydrogen) atoms. The van der Waals surface area contributed by atoms with Crippen molar-refractivity contribution in [2.24, 2.45) is 10.7 Å². The van der Waals surface area contributed by atoms with Crippen molar-refractivity contribution in [2.45, 2.75) is 19.8 Å². The summed E-state index contributed by atoms with van der Waals surface area (Å²) >= 11 is 0. The molecule has 0 spiro atoms. The van der Waals surface area contributed by atoms with Gasteiger partial charge in [-0.1, -0.05) is 48.5 Å². The van der Waals surface area contributed by atoms with Gasteiger partial charge in [-0.15, -0.1) is 0 Å². The zero-order chi connectivity index (χ0) is 16.8. The predicted molar refractivity (Wildman–Crippen MR) is 101 cm³/mol. The highest BCUT2D eigenvalue weighted by Gasteiger charge is 2.04. The van der Waals surface area contributed by atoms with Gasteiger partial charge in [0, 0.05) is 30.2 Å². The van der Waals surface area contributed by atoms with Crippen LogP contribution in [0.5, 0.6) is 0 Å². The number of aromatic amines is 1. The number of H-pyrrole nitrogens is 1. The standard InChI is InChI=1S/C20H24N4/c1-15-6-5-9-18-17(14-24-19(15)18)11-13-23-20(21)22-12-10-16-7-3-2-4-8-16/h2-9,14,24H,10-13H2,1H3,(H3,21,22,23). The highest BCUT2D eigenvalue weighted by Crippen LogP contribution is 2.21. The Morgan fingerprint density at radius 1 is 1.08 bits per heavy atom. The van der Waals surface area contributed by atoms with Crippen molar-refractivity contribution in [3.8, 4) is 0 Å². The summed E-state index contributed by atoms with van der Waals surface area (Å²) in [7, 11) is 0. The van der Waals surface area contributed by atoms with E-state index in [1.807, 2.05) is 6.07 Å². The normalized spacial score (nSPS) is 11.8. The third-order valence-corrected chi connectivity index (χ3v) is 4.24. The van der Waals surface area contributed by atoms with E-state index >= 15 is 0 Å². The van der Waals surface area contributed by atoms with Gasteiger partial charge in [-0.05, 0) is 36.5 Å². The lowest BCUT2D eigenvalue weighted by Gasteiger charge is -2.05. The fourth-order valence-corrected chi connectivity index (χ4v) is 2.90. The second kappa shape index (κ2) is 7.68. The van der Waals surface area contributed by atoms with Crippen molar-refractivity contribution in [3.63, 3.8) is 0 Å². The van der Waals surface area contributed by atoms with Crippen molar-refractivity contribution < 1.29 is 0 Å². The molecule has 0 bridgehead atoms. The number of nitrogens with one attached hydrogen (secondary N) is 2. The van der Waals surface area contributed by atoms with Gasteiger partial charge in [-0.3, -0.25) is 4.99 Å². The quantitative estimate of drug-likeness (QED) is 0.482. The SMILES string of the molecule is Cc1cccc2c(CCN=C(N)NCCc3ccccc3)c[nH]c12. The molecule has 2 aromatic carbocycles. The maximum Gasteiger partial charge on any atom is 0.188 e. The van der Waals surface area contributed by atoms with E-state index < -0.39 is 0 Å². The molecule has 0 atom stereocenters. The van der Waals surface area contributed by atoms with Crippen LogP contribution in [0.2, 0.25) is 0 Å². The van der Waals surface area contributed by atoms with E-state index in [0.717, 1.165) is 19.4 Å².